The summed E-state index contributed by atoms with van der Waals surface area (Å²) in [6, 6.07) is 150. The molecule has 4 nitrogen and oxygen atoms in total. The van der Waals surface area contributed by atoms with E-state index in [4.69, 9.17) is 0 Å². The summed E-state index contributed by atoms with van der Waals surface area (Å²) in [6.07, 6.45) is 0. The molecule has 520 valence electrons. The van der Waals surface area contributed by atoms with Gasteiger partial charge in [0.05, 0.1) is 44.1 Å². The molecule has 0 aliphatic carbocycles. The number of hydrogen-bond acceptors (Lipinski definition) is 0. The largest absolute Gasteiger partial charge is 0.309 e. The van der Waals surface area contributed by atoms with E-state index < -0.39 is 0 Å². The Bertz CT molecular complexity index is 6660. The quantitative estimate of drug-likeness (QED) is 0.123. The highest BCUT2D eigenvalue weighted by Crippen LogP contribution is 2.43. The van der Waals surface area contributed by atoms with Crippen LogP contribution < -0.4 is 0 Å². The first-order valence-corrected chi connectivity index (χ1v) is 36.4. The van der Waals surface area contributed by atoms with E-state index in [2.05, 4.69) is 431 Å². The van der Waals surface area contributed by atoms with Crippen molar-refractivity contribution in [3.8, 4) is 101 Å². The van der Waals surface area contributed by atoms with Gasteiger partial charge in [-0.2, -0.15) is 0 Å². The lowest BCUT2D eigenvalue weighted by Crippen LogP contribution is -1.94. The maximum Gasteiger partial charge on any atom is 0.0541 e. The van der Waals surface area contributed by atoms with Crippen molar-refractivity contribution in [2.24, 2.45) is 0 Å². The molecule has 21 aromatic rings. The topological polar surface area (TPSA) is 19.7 Å². The third-order valence-electron chi connectivity index (χ3n) is 21.5. The molecule has 0 radical (unpaired) electrons. The Morgan fingerprint density at radius 2 is 0.294 bits per heavy atom. The van der Waals surface area contributed by atoms with Gasteiger partial charge in [0.2, 0.25) is 0 Å². The SMILES string of the molecule is C.C.C.c1ccc(-c2ccc(-c3cccc(-n4c5ccccc5c5cc(-c6ccc7c(c6)c6ccccc6n7-c6ccc(-c7ccccc7)cc6)ccc54)c3)cc2)cc1.c1ccc(-c2ccc(-n3c4ccccc4c4cc(-c5ccc6c(c5)c5ccccc5n6-c5ccc(-c6ccccc6)cc5)ccc43)cc2)cc1. The number of rotatable bonds is 11. The normalized spacial score (nSPS) is 11.3. The van der Waals surface area contributed by atoms with Gasteiger partial charge >= 0.3 is 0 Å². The zero-order valence-electron chi connectivity index (χ0n) is 58.0. The monoisotopic (exact) mass is 1400 g/mol. The molecular weight excluding hydrogens is 1320 g/mol. The number of nitrogens with zero attached hydrogens (tertiary/aromatic N) is 4. The molecule has 0 spiro atoms. The fourth-order valence-corrected chi connectivity index (χ4v) is 16.3. The van der Waals surface area contributed by atoms with Crippen molar-refractivity contribution in [1.82, 2.24) is 18.3 Å². The Balaban J connectivity index is 0.000000156. The summed E-state index contributed by atoms with van der Waals surface area (Å²) in [5, 5.41) is 10.0. The molecule has 4 heteroatoms. The summed E-state index contributed by atoms with van der Waals surface area (Å²) < 4.78 is 9.59. The van der Waals surface area contributed by atoms with E-state index >= 15 is 0 Å². The Hall–Kier alpha value is -14.1. The third-order valence-corrected chi connectivity index (χ3v) is 21.5. The first kappa shape index (κ1) is 68.1. The molecule has 0 bridgehead atoms. The molecule has 0 aliphatic heterocycles. The van der Waals surface area contributed by atoms with Crippen LogP contribution >= 0.6 is 0 Å². The minimum Gasteiger partial charge on any atom is -0.309 e. The maximum absolute atomic E-state index is 2.41. The molecule has 4 aromatic heterocycles. The van der Waals surface area contributed by atoms with Gasteiger partial charge in [-0.15, -0.1) is 0 Å². The van der Waals surface area contributed by atoms with E-state index in [9.17, 15) is 0 Å². The molecule has 0 fully saturated rings. The van der Waals surface area contributed by atoms with Crippen molar-refractivity contribution in [3.63, 3.8) is 0 Å². The fourth-order valence-electron chi connectivity index (χ4n) is 16.3. The maximum atomic E-state index is 2.41. The molecule has 109 heavy (non-hydrogen) atoms. The highest BCUT2D eigenvalue weighted by atomic mass is 15.0. The van der Waals surface area contributed by atoms with Crippen LogP contribution in [-0.2, 0) is 0 Å². The predicted octanol–water partition coefficient (Wildman–Crippen LogP) is 29.3. The third kappa shape index (κ3) is 12.1. The Kier molecular flexibility index (Phi) is 18.0. The molecule has 4 heterocycles. The van der Waals surface area contributed by atoms with Crippen LogP contribution in [0.3, 0.4) is 0 Å². The van der Waals surface area contributed by atoms with Crippen LogP contribution in [0.5, 0.6) is 0 Å². The van der Waals surface area contributed by atoms with Crippen molar-refractivity contribution in [2.75, 3.05) is 0 Å². The number of para-hydroxylation sites is 4. The molecule has 0 N–H and O–H groups in total. The Labute approximate surface area is 636 Å². The fraction of sp³-hybridized carbons (Fsp3) is 0.0286. The van der Waals surface area contributed by atoms with Gasteiger partial charge < -0.3 is 18.3 Å². The van der Waals surface area contributed by atoms with Crippen LogP contribution in [0.2, 0.25) is 0 Å². The van der Waals surface area contributed by atoms with Gasteiger partial charge in [-0.05, 0) is 199 Å². The summed E-state index contributed by atoms with van der Waals surface area (Å²) in [6.45, 7) is 0. The van der Waals surface area contributed by atoms with Gasteiger partial charge in [0.15, 0.2) is 0 Å². The number of aromatic nitrogens is 4. The van der Waals surface area contributed by atoms with E-state index in [1.54, 1.807) is 0 Å². The average Bonchev–Trinajstić information content (AvgIpc) is 1.60. The lowest BCUT2D eigenvalue weighted by Gasteiger charge is -2.11. The summed E-state index contributed by atoms with van der Waals surface area (Å²) >= 11 is 0. The van der Waals surface area contributed by atoms with Crippen LogP contribution in [0.4, 0.5) is 0 Å². The first-order chi connectivity index (χ1) is 52.6. The molecule has 0 amide bonds. The van der Waals surface area contributed by atoms with Gasteiger partial charge in [-0.1, -0.05) is 313 Å². The molecular formula is C105H80N4. The number of fused-ring (bicyclic) bond motifs is 12. The molecule has 17 aromatic carbocycles. The molecule has 0 aliphatic rings. The van der Waals surface area contributed by atoms with Crippen molar-refractivity contribution < 1.29 is 0 Å². The lowest BCUT2D eigenvalue weighted by atomic mass is 10.00. The van der Waals surface area contributed by atoms with Crippen LogP contribution in [0, 0.1) is 0 Å². The zero-order chi connectivity index (χ0) is 70.0. The summed E-state index contributed by atoms with van der Waals surface area (Å²) in [5.41, 5.74) is 31.3. The molecule has 21 rings (SSSR count). The predicted molar refractivity (Wildman–Crippen MR) is 468 cm³/mol. The standard InChI is InChI=1S/C54H36N2.C48H32N2.3CH4/c1-3-12-37(13-4-1)39-22-24-41(25-23-39)42-16-11-17-46(34-42)56-52-21-10-8-19-48(52)50-36-44(29-33-54(50)56)43-28-32-53-49(35-43)47-18-7-9-20-51(47)55(53)45-30-26-40(27-31-45)38-14-5-2-6-15-38;1-3-11-33(12-4-1)35-19-25-39(26-20-35)49-45-17-9-7-15-41(45)43-31-37(23-29-47(43)49)38-24-30-48-44(32-38)42-16-8-10-18-46(42)50(48)40-27-21-36(22-28-40)34-13-5-2-6-14-34;;;/h1-36H;1-32H;3*1H4. The molecule has 0 saturated heterocycles. The van der Waals surface area contributed by atoms with Crippen LogP contribution in [-0.4, -0.2) is 18.3 Å². The van der Waals surface area contributed by atoms with E-state index in [0.29, 0.717) is 0 Å². The van der Waals surface area contributed by atoms with E-state index in [1.807, 2.05) is 0 Å². The smallest absolute Gasteiger partial charge is 0.0541 e. The van der Waals surface area contributed by atoms with Crippen LogP contribution in [0.1, 0.15) is 22.3 Å². The highest BCUT2D eigenvalue weighted by molar-refractivity contribution is 6.15. The minimum absolute atomic E-state index is 0. The van der Waals surface area contributed by atoms with Gasteiger partial charge in [-0.3, -0.25) is 0 Å². The van der Waals surface area contributed by atoms with Crippen molar-refractivity contribution >= 4 is 87.2 Å². The van der Waals surface area contributed by atoms with Crippen molar-refractivity contribution in [2.45, 2.75) is 22.3 Å². The van der Waals surface area contributed by atoms with Crippen molar-refractivity contribution in [3.05, 3.63) is 413 Å². The van der Waals surface area contributed by atoms with Gasteiger partial charge in [0.1, 0.15) is 0 Å². The second-order valence-electron chi connectivity index (χ2n) is 27.6. The highest BCUT2D eigenvalue weighted by Gasteiger charge is 2.20. The van der Waals surface area contributed by atoms with Gasteiger partial charge in [0.25, 0.3) is 0 Å². The van der Waals surface area contributed by atoms with E-state index in [-0.39, 0.29) is 22.3 Å². The van der Waals surface area contributed by atoms with Crippen LogP contribution in [0.15, 0.2) is 413 Å². The summed E-state index contributed by atoms with van der Waals surface area (Å²) in [4.78, 5) is 0. The van der Waals surface area contributed by atoms with Gasteiger partial charge in [-0.25, -0.2) is 0 Å². The minimum atomic E-state index is 0. The second-order valence-corrected chi connectivity index (χ2v) is 27.6. The van der Waals surface area contributed by atoms with E-state index in [1.165, 1.54) is 165 Å². The first-order valence-electron chi connectivity index (χ1n) is 36.4. The Morgan fingerprint density at radius 1 is 0.110 bits per heavy atom. The lowest BCUT2D eigenvalue weighted by molar-refractivity contribution is 1.18. The second kappa shape index (κ2) is 28.8. The van der Waals surface area contributed by atoms with Gasteiger partial charge in [0, 0.05) is 65.8 Å². The number of hydrogen-bond donors (Lipinski definition) is 0. The summed E-state index contributed by atoms with van der Waals surface area (Å²) in [7, 11) is 0. The van der Waals surface area contributed by atoms with E-state index in [0.717, 1.165) is 22.7 Å². The molecule has 0 atom stereocenters. The zero-order valence-corrected chi connectivity index (χ0v) is 58.0. The molecule has 0 saturated carbocycles. The number of benzene rings is 17. The molecule has 0 unspecified atom stereocenters. The summed E-state index contributed by atoms with van der Waals surface area (Å²) in [5.74, 6) is 0. The van der Waals surface area contributed by atoms with Crippen molar-refractivity contribution in [1.29, 1.82) is 0 Å². The Morgan fingerprint density at radius 3 is 0.569 bits per heavy atom. The van der Waals surface area contributed by atoms with Crippen LogP contribution in [0.25, 0.3) is 188 Å². The average molecular weight is 1400 g/mol.